The summed E-state index contributed by atoms with van der Waals surface area (Å²) in [5.41, 5.74) is 5.44. The van der Waals surface area contributed by atoms with E-state index in [9.17, 15) is 19.5 Å². The number of allylic oxidation sites excluding steroid dienone is 8. The van der Waals surface area contributed by atoms with Gasteiger partial charge in [0.2, 0.25) is 5.91 Å². The maximum absolute atomic E-state index is 12.3. The number of hydrogen-bond donors (Lipinski definition) is 3. The van der Waals surface area contributed by atoms with Crippen molar-refractivity contribution in [2.24, 2.45) is 5.73 Å². The molecule has 0 aliphatic rings. The van der Waals surface area contributed by atoms with Crippen LogP contribution in [-0.2, 0) is 19.1 Å². The Labute approximate surface area is 256 Å². The average Bonchev–Trinajstić information content (AvgIpc) is 2.96. The lowest BCUT2D eigenvalue weighted by Gasteiger charge is -2.17. The number of amides is 1. The number of carbonyl (C=O) groups excluding carboxylic acids is 2. The van der Waals surface area contributed by atoms with Crippen molar-refractivity contribution < 1.29 is 24.2 Å². The first-order chi connectivity index (χ1) is 20.4. The second-order valence-electron chi connectivity index (χ2n) is 10.8. The number of carboxylic acids is 1. The molecule has 0 bridgehead atoms. The first-order valence-electron chi connectivity index (χ1n) is 16.5. The van der Waals surface area contributed by atoms with Gasteiger partial charge in [-0.3, -0.25) is 9.59 Å². The third kappa shape index (κ3) is 26.2. The molecular weight excluding hydrogens is 528 g/mol. The topological polar surface area (TPSA) is 119 Å². The normalized spacial score (nSPS) is 13.4. The Hall–Kier alpha value is -2.67. The number of esters is 1. The second kappa shape index (κ2) is 29.8. The third-order valence-corrected chi connectivity index (χ3v) is 6.89. The zero-order chi connectivity index (χ0) is 31.1. The zero-order valence-electron chi connectivity index (χ0n) is 26.6. The van der Waals surface area contributed by atoms with E-state index in [2.05, 4.69) is 67.8 Å². The summed E-state index contributed by atoms with van der Waals surface area (Å²) in [5.74, 6) is -1.37. The summed E-state index contributed by atoms with van der Waals surface area (Å²) in [6.45, 7) is 4.64. The molecule has 0 saturated heterocycles. The van der Waals surface area contributed by atoms with Gasteiger partial charge in [-0.1, -0.05) is 88.1 Å². The zero-order valence-corrected chi connectivity index (χ0v) is 26.6. The van der Waals surface area contributed by atoms with Crippen molar-refractivity contribution in [1.82, 2.24) is 5.32 Å². The molecule has 1 amide bonds. The number of carbonyl (C=O) groups is 3. The predicted molar refractivity (Wildman–Crippen MR) is 174 cm³/mol. The van der Waals surface area contributed by atoms with Crippen molar-refractivity contribution in [3.05, 3.63) is 48.6 Å². The molecule has 42 heavy (non-hydrogen) atoms. The lowest BCUT2D eigenvalue weighted by molar-refractivity contribution is -0.150. The molecule has 2 atom stereocenters. The smallest absolute Gasteiger partial charge is 0.326 e. The molecule has 0 spiro atoms. The number of hydrogen-bond acceptors (Lipinski definition) is 5. The molecule has 0 heterocycles. The van der Waals surface area contributed by atoms with E-state index in [0.29, 0.717) is 38.6 Å². The number of aliphatic carboxylic acids is 1. The van der Waals surface area contributed by atoms with Crippen LogP contribution in [0.25, 0.3) is 0 Å². The van der Waals surface area contributed by atoms with E-state index in [1.807, 2.05) is 0 Å². The summed E-state index contributed by atoms with van der Waals surface area (Å²) in [5, 5.41) is 11.8. The highest BCUT2D eigenvalue weighted by molar-refractivity contribution is 5.83. The van der Waals surface area contributed by atoms with Gasteiger partial charge in [0, 0.05) is 12.8 Å². The lowest BCUT2D eigenvalue weighted by Crippen LogP contribution is -2.40. The van der Waals surface area contributed by atoms with Crippen LogP contribution in [0.1, 0.15) is 136 Å². The van der Waals surface area contributed by atoms with Gasteiger partial charge in [0.05, 0.1) is 0 Å². The Morgan fingerprint density at radius 1 is 0.714 bits per heavy atom. The molecule has 2 unspecified atom stereocenters. The van der Waals surface area contributed by atoms with Gasteiger partial charge in [-0.25, -0.2) is 4.79 Å². The van der Waals surface area contributed by atoms with Gasteiger partial charge >= 0.3 is 11.9 Å². The molecule has 7 heteroatoms. The number of unbranched alkanes of at least 4 members (excludes halogenated alkanes) is 6. The fraction of sp³-hybridized carbons (Fsp3) is 0.686. The SMILES string of the molecule is CC/C=C\C/C=C\C/C=C\C/C=C\CCCCCCC(=O)OC(CCC)CCCCCC(=O)NC(CCCN)C(=O)O. The van der Waals surface area contributed by atoms with Crippen molar-refractivity contribution in [3.63, 3.8) is 0 Å². The highest BCUT2D eigenvalue weighted by Gasteiger charge is 2.19. The van der Waals surface area contributed by atoms with Crippen molar-refractivity contribution >= 4 is 17.8 Å². The second-order valence-corrected chi connectivity index (χ2v) is 10.8. The van der Waals surface area contributed by atoms with Crippen molar-refractivity contribution in [2.75, 3.05) is 6.54 Å². The van der Waals surface area contributed by atoms with E-state index in [-0.39, 0.29) is 18.0 Å². The molecule has 0 aliphatic heterocycles. The van der Waals surface area contributed by atoms with Crippen LogP contribution in [0.2, 0.25) is 0 Å². The fourth-order valence-corrected chi connectivity index (χ4v) is 4.49. The van der Waals surface area contributed by atoms with E-state index in [1.165, 1.54) is 0 Å². The molecule has 4 N–H and O–H groups in total. The Kier molecular flexibility index (Phi) is 27.9. The van der Waals surface area contributed by atoms with Crippen LogP contribution in [0.15, 0.2) is 48.6 Å². The molecule has 0 aliphatic carbocycles. The fourth-order valence-electron chi connectivity index (χ4n) is 4.49. The van der Waals surface area contributed by atoms with Gasteiger partial charge in [0.1, 0.15) is 12.1 Å². The number of rotatable bonds is 28. The van der Waals surface area contributed by atoms with E-state index in [1.54, 1.807) is 0 Å². The highest BCUT2D eigenvalue weighted by Crippen LogP contribution is 2.15. The first-order valence-corrected chi connectivity index (χ1v) is 16.5. The molecule has 0 radical (unpaired) electrons. The average molecular weight is 589 g/mol. The van der Waals surface area contributed by atoms with Gasteiger partial charge in [-0.05, 0) is 90.0 Å². The number of carboxylic acid groups (broad SMARTS) is 1. The lowest BCUT2D eigenvalue weighted by atomic mass is 10.0. The summed E-state index contributed by atoms with van der Waals surface area (Å²) < 4.78 is 5.75. The number of nitrogens with one attached hydrogen (secondary N) is 1. The van der Waals surface area contributed by atoms with Crippen LogP contribution in [0.3, 0.4) is 0 Å². The van der Waals surface area contributed by atoms with Crippen molar-refractivity contribution in [1.29, 1.82) is 0 Å². The largest absolute Gasteiger partial charge is 0.480 e. The monoisotopic (exact) mass is 588 g/mol. The summed E-state index contributed by atoms with van der Waals surface area (Å²) >= 11 is 0. The van der Waals surface area contributed by atoms with Gasteiger partial charge in [0.25, 0.3) is 0 Å². The quantitative estimate of drug-likeness (QED) is 0.0483. The van der Waals surface area contributed by atoms with Gasteiger partial charge in [-0.2, -0.15) is 0 Å². The number of nitrogens with two attached hydrogens (primary N) is 1. The Morgan fingerprint density at radius 3 is 1.93 bits per heavy atom. The van der Waals surface area contributed by atoms with Crippen LogP contribution in [0.4, 0.5) is 0 Å². The summed E-state index contributed by atoms with van der Waals surface area (Å²) in [7, 11) is 0. The molecule has 0 rings (SSSR count). The minimum Gasteiger partial charge on any atom is -0.480 e. The standard InChI is InChI=1S/C35H60N2O5/c1-3-5-6-7-8-9-10-11-12-13-14-15-16-17-18-19-23-29-34(39)42-31(25-4-2)26-21-20-22-28-33(38)37-32(35(40)41)27-24-30-36/h5-6,8-9,11-12,14-15,31-32H,3-4,7,10,13,16-30,36H2,1-2H3,(H,37,38)(H,40,41)/b6-5-,9-8-,12-11-,15-14-. The van der Waals surface area contributed by atoms with Crippen molar-refractivity contribution in [3.8, 4) is 0 Å². The van der Waals surface area contributed by atoms with Crippen LogP contribution >= 0.6 is 0 Å². The molecule has 0 aromatic carbocycles. The van der Waals surface area contributed by atoms with Crippen molar-refractivity contribution in [2.45, 2.75) is 148 Å². The van der Waals surface area contributed by atoms with E-state index in [4.69, 9.17) is 10.5 Å². The molecular formula is C35H60N2O5. The Balaban J connectivity index is 3.90. The minimum absolute atomic E-state index is 0.0675. The Bertz CT molecular complexity index is 803. The van der Waals surface area contributed by atoms with Crippen LogP contribution in [0.5, 0.6) is 0 Å². The summed E-state index contributed by atoms with van der Waals surface area (Å²) in [6, 6.07) is -0.875. The van der Waals surface area contributed by atoms with Crippen LogP contribution < -0.4 is 11.1 Å². The molecule has 0 saturated carbocycles. The van der Waals surface area contributed by atoms with Crippen LogP contribution in [-0.4, -0.2) is 41.6 Å². The van der Waals surface area contributed by atoms with E-state index >= 15 is 0 Å². The van der Waals surface area contributed by atoms with E-state index < -0.39 is 12.0 Å². The van der Waals surface area contributed by atoms with E-state index in [0.717, 1.165) is 89.9 Å². The Morgan fingerprint density at radius 2 is 1.31 bits per heavy atom. The summed E-state index contributed by atoms with van der Waals surface area (Å²) in [6.07, 6.45) is 33.6. The summed E-state index contributed by atoms with van der Waals surface area (Å²) in [4.78, 5) is 35.7. The third-order valence-electron chi connectivity index (χ3n) is 6.89. The molecule has 240 valence electrons. The van der Waals surface area contributed by atoms with Crippen LogP contribution in [0, 0.1) is 0 Å². The molecule has 0 fully saturated rings. The predicted octanol–water partition coefficient (Wildman–Crippen LogP) is 8.10. The van der Waals surface area contributed by atoms with Gasteiger partial charge < -0.3 is 20.9 Å². The number of ether oxygens (including phenoxy) is 1. The first kappa shape index (κ1) is 39.3. The maximum atomic E-state index is 12.3. The van der Waals surface area contributed by atoms with Gasteiger partial charge in [-0.15, -0.1) is 0 Å². The maximum Gasteiger partial charge on any atom is 0.326 e. The van der Waals surface area contributed by atoms with Gasteiger partial charge in [0.15, 0.2) is 0 Å². The molecule has 0 aromatic rings. The molecule has 0 aromatic heterocycles. The highest BCUT2D eigenvalue weighted by atomic mass is 16.5. The minimum atomic E-state index is -1.03. The molecule has 7 nitrogen and oxygen atoms in total.